The highest BCUT2D eigenvalue weighted by Crippen LogP contribution is 2.40. The molecule has 9 nitrogen and oxygen atoms in total. The molecule has 4 atom stereocenters. The molecule has 216 valence electrons. The third-order valence-electron chi connectivity index (χ3n) is 9.25. The Labute approximate surface area is 242 Å². The first kappa shape index (κ1) is 28.7. The summed E-state index contributed by atoms with van der Waals surface area (Å²) in [6.07, 6.45) is 7.08. The molecule has 9 heteroatoms. The van der Waals surface area contributed by atoms with Crippen LogP contribution in [0.4, 0.5) is 5.82 Å². The number of carbonyl (C=O) groups is 2. The van der Waals surface area contributed by atoms with Crippen LogP contribution in [0, 0.1) is 17.2 Å². The number of hydrogen-bond acceptors (Lipinski definition) is 8. The zero-order chi connectivity index (χ0) is 28.9. The number of anilines is 1. The fraction of sp³-hybridized carbons (Fsp3) is 0.531. The number of likely N-dealkylation sites (N-methyl/N-ethyl adjacent to an activating group) is 1. The summed E-state index contributed by atoms with van der Waals surface area (Å²) >= 11 is 0. The van der Waals surface area contributed by atoms with Crippen molar-refractivity contribution in [2.45, 2.75) is 63.5 Å². The molecule has 41 heavy (non-hydrogen) atoms. The number of aldehydes is 1. The van der Waals surface area contributed by atoms with E-state index in [0.29, 0.717) is 62.1 Å². The largest absolute Gasteiger partial charge is 0.462 e. The molecule has 1 aromatic heterocycles. The highest BCUT2D eigenvalue weighted by molar-refractivity contribution is 5.87. The molecule has 0 N–H and O–H groups in total. The number of likely N-dealkylation sites (tertiary alicyclic amines) is 1. The number of hydrogen-bond donors (Lipinski definition) is 0. The minimum Gasteiger partial charge on any atom is -0.462 e. The van der Waals surface area contributed by atoms with Crippen LogP contribution in [0.5, 0.6) is 6.01 Å². The van der Waals surface area contributed by atoms with Gasteiger partial charge in [-0.05, 0) is 74.7 Å². The molecule has 3 unspecified atom stereocenters. The lowest BCUT2D eigenvalue weighted by Crippen LogP contribution is -2.55. The van der Waals surface area contributed by atoms with Crippen LogP contribution in [0.15, 0.2) is 36.9 Å². The number of nitrogens with zero attached hydrogens (tertiary/aromatic N) is 6. The number of ether oxygens (including phenoxy) is 1. The van der Waals surface area contributed by atoms with Gasteiger partial charge in [-0.1, -0.05) is 37.8 Å². The number of amides is 1. The monoisotopic (exact) mass is 556 g/mol. The van der Waals surface area contributed by atoms with E-state index in [1.165, 1.54) is 17.2 Å². The van der Waals surface area contributed by atoms with Crippen LogP contribution in [0.2, 0.25) is 0 Å². The smallest absolute Gasteiger partial charge is 0.319 e. The Morgan fingerprint density at radius 1 is 1.22 bits per heavy atom. The van der Waals surface area contributed by atoms with Crippen molar-refractivity contribution >= 4 is 18.0 Å². The molecule has 0 saturated carbocycles. The zero-order valence-electron chi connectivity index (χ0n) is 24.2. The Bertz CT molecular complexity index is 1320. The molecule has 1 aromatic carbocycles. The molecule has 2 saturated heterocycles. The first-order chi connectivity index (χ1) is 19.9. The van der Waals surface area contributed by atoms with E-state index in [9.17, 15) is 14.9 Å². The van der Waals surface area contributed by atoms with Gasteiger partial charge in [0.2, 0.25) is 5.91 Å². The van der Waals surface area contributed by atoms with Gasteiger partial charge in [0.05, 0.1) is 18.5 Å². The van der Waals surface area contributed by atoms with Crippen LogP contribution in [0.3, 0.4) is 0 Å². The summed E-state index contributed by atoms with van der Waals surface area (Å²) in [6.45, 7) is 8.82. The number of benzene rings is 1. The van der Waals surface area contributed by atoms with E-state index in [4.69, 9.17) is 9.72 Å². The minimum absolute atomic E-state index is 0.180. The van der Waals surface area contributed by atoms with Crippen molar-refractivity contribution in [2.75, 3.05) is 44.7 Å². The van der Waals surface area contributed by atoms with Crippen molar-refractivity contribution in [3.8, 4) is 12.1 Å². The van der Waals surface area contributed by atoms with E-state index in [1.54, 1.807) is 4.90 Å². The number of fused-ring (bicyclic) bond motifs is 1. The molecule has 2 aromatic rings. The molecule has 0 spiro atoms. The van der Waals surface area contributed by atoms with E-state index in [-0.39, 0.29) is 24.4 Å². The fourth-order valence-corrected chi connectivity index (χ4v) is 6.79. The molecule has 0 bridgehead atoms. The Hall–Kier alpha value is -3.77. The van der Waals surface area contributed by atoms with Crippen LogP contribution >= 0.6 is 0 Å². The van der Waals surface area contributed by atoms with Crippen molar-refractivity contribution in [3.63, 3.8) is 0 Å². The lowest BCUT2D eigenvalue weighted by Gasteiger charge is -2.41. The molecule has 1 amide bonds. The van der Waals surface area contributed by atoms with E-state index in [1.807, 2.05) is 0 Å². The fourth-order valence-electron chi connectivity index (χ4n) is 6.79. The topological polar surface area (TPSA) is 103 Å². The summed E-state index contributed by atoms with van der Waals surface area (Å²) in [5.74, 6) is 1.39. The average molecular weight is 557 g/mol. The SMILES string of the molecule is C=CC(=O)N1CCN(c2nc(OCC3CCCN3C)nc(C=O)c2CC[C@@H]2Cc3ccccc3C2C)CC1CC#N. The normalized spacial score (nSPS) is 24.1. The maximum Gasteiger partial charge on any atom is 0.319 e. The lowest BCUT2D eigenvalue weighted by atomic mass is 9.89. The average Bonchev–Trinajstić information content (AvgIpc) is 3.56. The van der Waals surface area contributed by atoms with Gasteiger partial charge in [0.15, 0.2) is 6.29 Å². The summed E-state index contributed by atoms with van der Waals surface area (Å²) in [7, 11) is 2.09. The lowest BCUT2D eigenvalue weighted by molar-refractivity contribution is -0.128. The van der Waals surface area contributed by atoms with E-state index >= 15 is 0 Å². The first-order valence-corrected chi connectivity index (χ1v) is 14.7. The van der Waals surface area contributed by atoms with Crippen LogP contribution in [0.25, 0.3) is 0 Å². The molecule has 0 radical (unpaired) electrons. The number of nitriles is 1. The Balaban J connectivity index is 1.42. The first-order valence-electron chi connectivity index (χ1n) is 14.7. The minimum atomic E-state index is -0.303. The summed E-state index contributed by atoms with van der Waals surface area (Å²) in [6, 6.07) is 11.1. The summed E-state index contributed by atoms with van der Waals surface area (Å²) in [5, 5.41) is 9.50. The van der Waals surface area contributed by atoms with Crippen molar-refractivity contribution in [1.29, 1.82) is 5.26 Å². The van der Waals surface area contributed by atoms with Crippen molar-refractivity contribution in [2.24, 2.45) is 5.92 Å². The third kappa shape index (κ3) is 6.13. The number of piperazine rings is 1. The Morgan fingerprint density at radius 2 is 2.05 bits per heavy atom. The molecular weight excluding hydrogens is 516 g/mol. The van der Waals surface area contributed by atoms with Crippen LogP contribution in [-0.2, 0) is 17.6 Å². The number of aromatic nitrogens is 2. The van der Waals surface area contributed by atoms with Gasteiger partial charge in [0, 0.05) is 31.2 Å². The second kappa shape index (κ2) is 12.8. The van der Waals surface area contributed by atoms with E-state index < -0.39 is 0 Å². The third-order valence-corrected chi connectivity index (χ3v) is 9.25. The molecule has 3 heterocycles. The van der Waals surface area contributed by atoms with Gasteiger partial charge in [-0.25, -0.2) is 0 Å². The predicted molar refractivity (Wildman–Crippen MR) is 157 cm³/mol. The second-order valence-electron chi connectivity index (χ2n) is 11.6. The molecule has 2 aliphatic heterocycles. The maximum atomic E-state index is 12.5. The quantitative estimate of drug-likeness (QED) is 0.322. The highest BCUT2D eigenvalue weighted by Gasteiger charge is 2.34. The summed E-state index contributed by atoms with van der Waals surface area (Å²) < 4.78 is 6.10. The number of rotatable bonds is 10. The van der Waals surface area contributed by atoms with Gasteiger partial charge in [0.25, 0.3) is 0 Å². The zero-order valence-corrected chi connectivity index (χ0v) is 24.2. The van der Waals surface area contributed by atoms with Gasteiger partial charge in [0.1, 0.15) is 18.1 Å². The van der Waals surface area contributed by atoms with Crippen molar-refractivity contribution in [1.82, 2.24) is 19.8 Å². The molecule has 1 aliphatic carbocycles. The molecule has 2 fully saturated rings. The second-order valence-corrected chi connectivity index (χ2v) is 11.6. The van der Waals surface area contributed by atoms with Crippen LogP contribution < -0.4 is 9.64 Å². The van der Waals surface area contributed by atoms with E-state index in [0.717, 1.165) is 44.1 Å². The van der Waals surface area contributed by atoms with Gasteiger partial charge < -0.3 is 19.4 Å². The highest BCUT2D eigenvalue weighted by atomic mass is 16.5. The Kier molecular flexibility index (Phi) is 8.99. The maximum absolute atomic E-state index is 12.5. The predicted octanol–water partition coefficient (Wildman–Crippen LogP) is 3.79. The summed E-state index contributed by atoms with van der Waals surface area (Å²) in [5.41, 5.74) is 3.98. The molecular formula is C32H40N6O3. The number of carbonyl (C=O) groups excluding carboxylic acids is 2. The van der Waals surface area contributed by atoms with Gasteiger partial charge in [-0.15, -0.1) is 0 Å². The summed E-state index contributed by atoms with van der Waals surface area (Å²) in [4.78, 5) is 40.5. The Morgan fingerprint density at radius 3 is 2.76 bits per heavy atom. The van der Waals surface area contributed by atoms with E-state index in [2.05, 4.69) is 65.7 Å². The van der Waals surface area contributed by atoms with Crippen molar-refractivity contribution in [3.05, 3.63) is 59.3 Å². The standard InChI is InChI=1S/C32H40N6O3/c1-4-30(40)38-17-16-37(19-25(38)13-14-33)31-28(12-11-23-18-24-8-5-6-10-27(24)22(23)2)29(20-39)34-32(35-31)41-21-26-9-7-15-36(26)3/h4-6,8,10,20,22-23,25-26H,1,7,9,11-13,15-19,21H2,2-3H3/t22?,23-,25?,26?/m1/s1. The van der Waals surface area contributed by atoms with Crippen LogP contribution in [0.1, 0.15) is 65.7 Å². The van der Waals surface area contributed by atoms with Gasteiger partial charge >= 0.3 is 6.01 Å². The van der Waals surface area contributed by atoms with Crippen molar-refractivity contribution < 1.29 is 14.3 Å². The van der Waals surface area contributed by atoms with Crippen LogP contribution in [-0.4, -0.2) is 83.9 Å². The molecule has 3 aliphatic rings. The van der Waals surface area contributed by atoms with Gasteiger partial charge in [-0.3, -0.25) is 9.59 Å². The molecule has 5 rings (SSSR count). The van der Waals surface area contributed by atoms with Gasteiger partial charge in [-0.2, -0.15) is 15.2 Å².